The number of thiocarbonyl (C=S) groups is 1. The van der Waals surface area contributed by atoms with Crippen LogP contribution in [0.2, 0.25) is 0 Å². The summed E-state index contributed by atoms with van der Waals surface area (Å²) in [5.41, 5.74) is 3.55. The van der Waals surface area contributed by atoms with Gasteiger partial charge in [-0.3, -0.25) is 10.2 Å². The quantitative estimate of drug-likeness (QED) is 0.519. The molecule has 0 saturated heterocycles. The third-order valence-corrected chi connectivity index (χ3v) is 4.92. The topological polar surface area (TPSA) is 117 Å². The maximum Gasteiger partial charge on any atom is 0.279 e. The summed E-state index contributed by atoms with van der Waals surface area (Å²) in [6.45, 7) is 0. The molecular weight excluding hydrogens is 393 g/mol. The third-order valence-electron chi connectivity index (χ3n) is 3.79. The van der Waals surface area contributed by atoms with Crippen molar-refractivity contribution in [1.82, 2.24) is 5.43 Å². The molecule has 1 heterocycles. The zero-order valence-electron chi connectivity index (χ0n) is 13.9. The number of nitrogens with one attached hydrogen (secondary N) is 2. The minimum atomic E-state index is -3.78. The van der Waals surface area contributed by atoms with E-state index in [0.29, 0.717) is 11.3 Å². The molecule has 2 aromatic carbocycles. The number of amides is 1. The lowest BCUT2D eigenvalue weighted by Gasteiger charge is -2.09. The summed E-state index contributed by atoms with van der Waals surface area (Å²) >= 11 is 5.10. The van der Waals surface area contributed by atoms with Crippen LogP contribution in [0.5, 0.6) is 0 Å². The predicted octanol–water partition coefficient (Wildman–Crippen LogP) is 1.14. The number of rotatable bonds is 3. The van der Waals surface area contributed by atoms with Crippen LogP contribution < -0.4 is 20.8 Å². The van der Waals surface area contributed by atoms with Crippen molar-refractivity contribution in [1.29, 1.82) is 0 Å². The molecule has 0 bridgehead atoms. The maximum atomic E-state index is 13.9. The number of fused-ring (bicyclic) bond motifs is 1. The molecule has 0 spiro atoms. The Morgan fingerprint density at radius 2 is 1.89 bits per heavy atom. The number of nitrogens with two attached hydrogens (primary N) is 1. The van der Waals surface area contributed by atoms with Gasteiger partial charge in [-0.25, -0.2) is 17.9 Å². The number of hydrogen-bond acceptors (Lipinski definition) is 5. The molecule has 140 valence electrons. The number of carbonyl (C=O) groups is 1. The molecule has 0 radical (unpaired) electrons. The van der Waals surface area contributed by atoms with E-state index >= 15 is 0 Å². The van der Waals surface area contributed by atoms with Crippen molar-refractivity contribution in [3.63, 3.8) is 0 Å². The van der Waals surface area contributed by atoms with E-state index in [0.717, 1.165) is 0 Å². The van der Waals surface area contributed by atoms with Crippen LogP contribution in [0, 0.1) is 5.82 Å². The lowest BCUT2D eigenvalue weighted by molar-refractivity contribution is -0.112. The average molecular weight is 407 g/mol. The average Bonchev–Trinajstić information content (AvgIpc) is 2.85. The number of benzene rings is 2. The van der Waals surface area contributed by atoms with Gasteiger partial charge in [0.2, 0.25) is 10.0 Å². The van der Waals surface area contributed by atoms with E-state index in [2.05, 4.69) is 15.8 Å². The van der Waals surface area contributed by atoms with E-state index in [9.17, 15) is 17.6 Å². The lowest BCUT2D eigenvalue weighted by Crippen LogP contribution is -2.30. The fourth-order valence-electron chi connectivity index (χ4n) is 2.52. The van der Waals surface area contributed by atoms with Gasteiger partial charge in [-0.05, 0) is 42.5 Å². The molecule has 0 fully saturated rings. The molecule has 0 unspecified atom stereocenters. The molecular formula is C16H14FN5O3S2. The van der Waals surface area contributed by atoms with Crippen LogP contribution in [0.15, 0.2) is 52.5 Å². The zero-order chi connectivity index (χ0) is 19.8. The molecule has 27 heavy (non-hydrogen) atoms. The van der Waals surface area contributed by atoms with E-state index < -0.39 is 21.7 Å². The fraction of sp³-hybridized carbons (Fsp3) is 0.0625. The Morgan fingerprint density at radius 3 is 2.52 bits per heavy atom. The van der Waals surface area contributed by atoms with Crippen LogP contribution in [0.25, 0.3) is 0 Å². The molecule has 2 aromatic rings. The van der Waals surface area contributed by atoms with E-state index in [1.54, 1.807) is 6.07 Å². The standard InChI is InChI=1S/C16H14FN5O3S2/c1-22-14-11(3-2-4-12(14)17)13(15(22)23)20-21-16(26)19-9-5-7-10(8-6-9)27(18,24)25/h2-8H,1H3,(H2,18,24,25)(H2,19,21,26). The molecule has 0 saturated carbocycles. The summed E-state index contributed by atoms with van der Waals surface area (Å²) in [5, 5.41) is 11.9. The zero-order valence-corrected chi connectivity index (χ0v) is 15.6. The lowest BCUT2D eigenvalue weighted by atomic mass is 10.1. The van der Waals surface area contributed by atoms with Crippen molar-refractivity contribution in [2.24, 2.45) is 10.2 Å². The SMILES string of the molecule is CN1C(=O)C(=NNC(=S)Nc2ccc(S(N)(=O)=O)cc2)c2cccc(F)c21. The van der Waals surface area contributed by atoms with Gasteiger partial charge < -0.3 is 10.2 Å². The van der Waals surface area contributed by atoms with Gasteiger partial charge >= 0.3 is 0 Å². The highest BCUT2D eigenvalue weighted by molar-refractivity contribution is 7.89. The van der Waals surface area contributed by atoms with Gasteiger partial charge in [0, 0.05) is 18.3 Å². The van der Waals surface area contributed by atoms with Gasteiger partial charge in [0.1, 0.15) is 5.82 Å². The maximum absolute atomic E-state index is 13.9. The van der Waals surface area contributed by atoms with Crippen molar-refractivity contribution >= 4 is 50.3 Å². The Kier molecular flexibility index (Phi) is 4.91. The number of primary sulfonamides is 1. The molecule has 8 nitrogen and oxygen atoms in total. The molecule has 0 atom stereocenters. The van der Waals surface area contributed by atoms with Crippen molar-refractivity contribution in [3.8, 4) is 0 Å². The first-order chi connectivity index (χ1) is 12.7. The van der Waals surface area contributed by atoms with Crippen LogP contribution in [-0.2, 0) is 14.8 Å². The summed E-state index contributed by atoms with van der Waals surface area (Å²) in [6.07, 6.45) is 0. The first kappa shape index (κ1) is 18.9. The third kappa shape index (κ3) is 3.79. The number of halogens is 1. The smallest absolute Gasteiger partial charge is 0.279 e. The molecule has 3 rings (SSSR count). The second-order valence-electron chi connectivity index (χ2n) is 5.60. The summed E-state index contributed by atoms with van der Waals surface area (Å²) in [6, 6.07) is 9.92. The molecule has 0 aliphatic carbocycles. The summed E-state index contributed by atoms with van der Waals surface area (Å²) in [7, 11) is -2.33. The van der Waals surface area contributed by atoms with Crippen molar-refractivity contribution in [3.05, 3.63) is 53.8 Å². The molecule has 1 aliphatic heterocycles. The second kappa shape index (κ2) is 7.02. The Morgan fingerprint density at radius 1 is 1.22 bits per heavy atom. The van der Waals surface area contributed by atoms with Crippen LogP contribution in [0.3, 0.4) is 0 Å². The van der Waals surface area contributed by atoms with E-state index in [1.165, 1.54) is 48.3 Å². The Balaban J connectivity index is 1.74. The van der Waals surface area contributed by atoms with Crippen LogP contribution >= 0.6 is 12.2 Å². The first-order valence-electron chi connectivity index (χ1n) is 7.53. The summed E-state index contributed by atoms with van der Waals surface area (Å²) < 4.78 is 36.4. The monoisotopic (exact) mass is 407 g/mol. The Hall–Kier alpha value is -2.89. The number of hydrazone groups is 1. The highest BCUT2D eigenvalue weighted by Crippen LogP contribution is 2.30. The van der Waals surface area contributed by atoms with Crippen molar-refractivity contribution in [2.45, 2.75) is 4.90 Å². The summed E-state index contributed by atoms with van der Waals surface area (Å²) in [5.74, 6) is -0.993. The van der Waals surface area contributed by atoms with E-state index in [1.807, 2.05) is 0 Å². The van der Waals surface area contributed by atoms with Gasteiger partial charge in [-0.15, -0.1) is 0 Å². The predicted molar refractivity (Wildman–Crippen MR) is 104 cm³/mol. The van der Waals surface area contributed by atoms with E-state index in [-0.39, 0.29) is 21.4 Å². The number of hydrogen-bond donors (Lipinski definition) is 3. The molecule has 4 N–H and O–H groups in total. The second-order valence-corrected chi connectivity index (χ2v) is 7.57. The van der Waals surface area contributed by atoms with Crippen LogP contribution in [0.4, 0.5) is 15.8 Å². The van der Waals surface area contributed by atoms with Gasteiger partial charge in [0.25, 0.3) is 5.91 Å². The van der Waals surface area contributed by atoms with Crippen LogP contribution in [0.1, 0.15) is 5.56 Å². The van der Waals surface area contributed by atoms with Crippen LogP contribution in [-0.4, -0.2) is 32.2 Å². The minimum Gasteiger partial charge on any atom is -0.331 e. The van der Waals surface area contributed by atoms with Gasteiger partial charge in [-0.2, -0.15) is 5.10 Å². The highest BCUT2D eigenvalue weighted by Gasteiger charge is 2.33. The van der Waals surface area contributed by atoms with Crippen molar-refractivity contribution < 1.29 is 17.6 Å². The first-order valence-corrected chi connectivity index (χ1v) is 9.48. The minimum absolute atomic E-state index is 0.0284. The number of nitrogens with zero attached hydrogens (tertiary/aromatic N) is 2. The van der Waals surface area contributed by atoms with E-state index in [4.69, 9.17) is 17.4 Å². The number of carbonyl (C=O) groups excluding carboxylic acids is 1. The fourth-order valence-corrected chi connectivity index (χ4v) is 3.20. The van der Waals surface area contributed by atoms with Gasteiger partial charge in [0.15, 0.2) is 10.8 Å². The normalized spacial score (nSPS) is 15.0. The molecule has 1 aliphatic rings. The highest BCUT2D eigenvalue weighted by atomic mass is 32.2. The molecule has 1 amide bonds. The number of anilines is 2. The number of para-hydroxylation sites is 1. The Bertz CT molecular complexity index is 1070. The van der Waals surface area contributed by atoms with Gasteiger partial charge in [0.05, 0.1) is 10.6 Å². The largest absolute Gasteiger partial charge is 0.331 e. The number of sulfonamides is 1. The van der Waals surface area contributed by atoms with Gasteiger partial charge in [-0.1, -0.05) is 12.1 Å². The molecule has 0 aromatic heterocycles. The number of likely N-dealkylation sites (N-methyl/N-ethyl adjacent to an activating group) is 1. The molecule has 11 heteroatoms. The Labute approximate surface area is 159 Å². The van der Waals surface area contributed by atoms with Crippen molar-refractivity contribution in [2.75, 3.05) is 17.3 Å². The summed E-state index contributed by atoms with van der Waals surface area (Å²) in [4.78, 5) is 13.4.